The Bertz CT molecular complexity index is 853. The molecule has 7 nitrogen and oxygen atoms in total. The summed E-state index contributed by atoms with van der Waals surface area (Å²) in [7, 11) is 1.49. The predicted octanol–water partition coefficient (Wildman–Crippen LogP) is 3.30. The molecule has 0 aliphatic heterocycles. The van der Waals surface area contributed by atoms with Crippen LogP contribution in [0.25, 0.3) is 0 Å². The van der Waals surface area contributed by atoms with Crippen LogP contribution in [0.3, 0.4) is 0 Å². The molecule has 0 aliphatic carbocycles. The molecule has 0 saturated carbocycles. The summed E-state index contributed by atoms with van der Waals surface area (Å²) in [4.78, 5) is 36.7. The standard InChI is InChI=1S/C19H20ClN3O4/c1-12(24)21-14-4-6-15(7-5-14)22-19(26)11-23(13(2)25)16-8-9-18(27-3)17(20)10-16/h4-10H,11H2,1-3H3,(H,21,24)(H,22,26). The van der Waals surface area contributed by atoms with Crippen LogP contribution in [0.15, 0.2) is 42.5 Å². The van der Waals surface area contributed by atoms with Gasteiger partial charge in [0.25, 0.3) is 0 Å². The lowest BCUT2D eigenvalue weighted by Gasteiger charge is -2.21. The lowest BCUT2D eigenvalue weighted by atomic mass is 10.2. The van der Waals surface area contributed by atoms with E-state index in [0.717, 1.165) is 0 Å². The summed E-state index contributed by atoms with van der Waals surface area (Å²) in [6.45, 7) is 2.61. The SMILES string of the molecule is COc1ccc(N(CC(=O)Nc2ccc(NC(C)=O)cc2)C(C)=O)cc1Cl. The molecule has 0 atom stereocenters. The average molecular weight is 390 g/mol. The zero-order valence-electron chi connectivity index (χ0n) is 15.2. The second-order valence-corrected chi connectivity index (χ2v) is 6.14. The van der Waals surface area contributed by atoms with Crippen molar-refractivity contribution in [3.05, 3.63) is 47.5 Å². The minimum atomic E-state index is -0.371. The molecule has 0 heterocycles. The second kappa shape index (κ2) is 9.05. The van der Waals surface area contributed by atoms with Gasteiger partial charge in [0, 0.05) is 30.9 Å². The number of benzene rings is 2. The van der Waals surface area contributed by atoms with Gasteiger partial charge in [-0.2, -0.15) is 0 Å². The van der Waals surface area contributed by atoms with Gasteiger partial charge in [-0.3, -0.25) is 14.4 Å². The molecule has 0 aliphatic rings. The van der Waals surface area contributed by atoms with Crippen molar-refractivity contribution < 1.29 is 19.1 Å². The summed E-state index contributed by atoms with van der Waals surface area (Å²) >= 11 is 6.10. The van der Waals surface area contributed by atoms with Gasteiger partial charge >= 0.3 is 0 Å². The van der Waals surface area contributed by atoms with Crippen molar-refractivity contribution in [1.82, 2.24) is 0 Å². The molecule has 2 aromatic rings. The van der Waals surface area contributed by atoms with E-state index in [1.165, 1.54) is 25.9 Å². The first-order valence-electron chi connectivity index (χ1n) is 8.09. The normalized spacial score (nSPS) is 10.1. The number of hydrogen-bond donors (Lipinski definition) is 2. The molecule has 27 heavy (non-hydrogen) atoms. The summed E-state index contributed by atoms with van der Waals surface area (Å²) in [5.41, 5.74) is 1.66. The van der Waals surface area contributed by atoms with E-state index in [0.29, 0.717) is 27.8 Å². The molecule has 0 bridgehead atoms. The van der Waals surface area contributed by atoms with E-state index in [1.54, 1.807) is 42.5 Å². The first-order chi connectivity index (χ1) is 12.8. The van der Waals surface area contributed by atoms with Gasteiger partial charge in [0.15, 0.2) is 0 Å². The Morgan fingerprint density at radius 1 is 1.00 bits per heavy atom. The van der Waals surface area contributed by atoms with Crippen LogP contribution in [0.5, 0.6) is 5.75 Å². The molecule has 2 rings (SSSR count). The van der Waals surface area contributed by atoms with Gasteiger partial charge in [0.1, 0.15) is 12.3 Å². The molecule has 0 saturated heterocycles. The largest absolute Gasteiger partial charge is 0.495 e. The van der Waals surface area contributed by atoms with E-state index < -0.39 is 0 Å². The van der Waals surface area contributed by atoms with Gasteiger partial charge < -0.3 is 20.3 Å². The van der Waals surface area contributed by atoms with Crippen molar-refractivity contribution in [2.24, 2.45) is 0 Å². The number of nitrogens with zero attached hydrogens (tertiary/aromatic N) is 1. The van der Waals surface area contributed by atoms with Crippen LogP contribution in [-0.4, -0.2) is 31.4 Å². The third-order valence-electron chi connectivity index (χ3n) is 3.62. The number of methoxy groups -OCH3 is 1. The molecule has 0 unspecified atom stereocenters. The quantitative estimate of drug-likeness (QED) is 0.793. The fraction of sp³-hybridized carbons (Fsp3) is 0.211. The van der Waals surface area contributed by atoms with Gasteiger partial charge in [0.05, 0.1) is 12.1 Å². The molecule has 0 spiro atoms. The van der Waals surface area contributed by atoms with Crippen LogP contribution in [0.4, 0.5) is 17.1 Å². The number of hydrogen-bond acceptors (Lipinski definition) is 4. The van der Waals surface area contributed by atoms with Gasteiger partial charge in [-0.1, -0.05) is 11.6 Å². The van der Waals surface area contributed by atoms with Crippen molar-refractivity contribution >= 4 is 46.4 Å². The van der Waals surface area contributed by atoms with E-state index in [2.05, 4.69) is 10.6 Å². The van der Waals surface area contributed by atoms with E-state index in [1.807, 2.05) is 0 Å². The summed E-state index contributed by atoms with van der Waals surface area (Å²) in [5.74, 6) is -0.369. The molecule has 142 valence electrons. The number of amides is 3. The molecule has 0 radical (unpaired) electrons. The van der Waals surface area contributed by atoms with Gasteiger partial charge in [0.2, 0.25) is 17.7 Å². The zero-order valence-corrected chi connectivity index (χ0v) is 16.0. The van der Waals surface area contributed by atoms with Crippen LogP contribution in [-0.2, 0) is 14.4 Å². The number of ether oxygens (including phenoxy) is 1. The number of rotatable bonds is 6. The predicted molar refractivity (Wildman–Crippen MR) is 105 cm³/mol. The van der Waals surface area contributed by atoms with Crippen LogP contribution < -0.4 is 20.3 Å². The molecule has 8 heteroatoms. The second-order valence-electron chi connectivity index (χ2n) is 5.73. The maximum Gasteiger partial charge on any atom is 0.244 e. The lowest BCUT2D eigenvalue weighted by Crippen LogP contribution is -2.36. The summed E-state index contributed by atoms with van der Waals surface area (Å²) in [6, 6.07) is 11.5. The Labute approximate surface area is 162 Å². The first-order valence-corrected chi connectivity index (χ1v) is 8.47. The Morgan fingerprint density at radius 2 is 1.59 bits per heavy atom. The van der Waals surface area contributed by atoms with Crippen molar-refractivity contribution in [1.29, 1.82) is 0 Å². The lowest BCUT2D eigenvalue weighted by molar-refractivity contribution is -0.120. The minimum absolute atomic E-state index is 0.175. The Morgan fingerprint density at radius 3 is 2.07 bits per heavy atom. The Hall–Kier alpha value is -3.06. The van der Waals surface area contributed by atoms with E-state index in [9.17, 15) is 14.4 Å². The highest BCUT2D eigenvalue weighted by Crippen LogP contribution is 2.29. The van der Waals surface area contributed by atoms with Crippen LogP contribution in [0, 0.1) is 0 Å². The molecule has 2 N–H and O–H groups in total. The molecule has 0 aromatic heterocycles. The van der Waals surface area contributed by atoms with Crippen molar-refractivity contribution in [2.45, 2.75) is 13.8 Å². The highest BCUT2D eigenvalue weighted by Gasteiger charge is 2.17. The van der Waals surface area contributed by atoms with Gasteiger partial charge in [-0.05, 0) is 42.5 Å². The van der Waals surface area contributed by atoms with Crippen molar-refractivity contribution in [3.8, 4) is 5.75 Å². The van der Waals surface area contributed by atoms with Crippen LogP contribution in [0.2, 0.25) is 5.02 Å². The Kier molecular flexibility index (Phi) is 6.79. The highest BCUT2D eigenvalue weighted by atomic mass is 35.5. The van der Waals surface area contributed by atoms with Crippen LogP contribution >= 0.6 is 11.6 Å². The number of nitrogens with one attached hydrogen (secondary N) is 2. The third kappa shape index (κ3) is 5.72. The highest BCUT2D eigenvalue weighted by molar-refractivity contribution is 6.32. The van der Waals surface area contributed by atoms with Gasteiger partial charge in [-0.25, -0.2) is 0 Å². The monoisotopic (exact) mass is 389 g/mol. The fourth-order valence-corrected chi connectivity index (χ4v) is 2.64. The summed E-state index contributed by atoms with van der Waals surface area (Å²) in [5, 5.41) is 5.70. The maximum absolute atomic E-state index is 12.3. The van der Waals surface area contributed by atoms with Gasteiger partial charge in [-0.15, -0.1) is 0 Å². The first kappa shape index (κ1) is 20.3. The Balaban J connectivity index is 2.07. The maximum atomic E-state index is 12.3. The van der Waals surface area contributed by atoms with Crippen molar-refractivity contribution in [2.75, 3.05) is 29.2 Å². The molecule has 0 fully saturated rings. The zero-order chi connectivity index (χ0) is 20.0. The fourth-order valence-electron chi connectivity index (χ4n) is 2.39. The topological polar surface area (TPSA) is 87.7 Å². The van der Waals surface area contributed by atoms with Crippen LogP contribution in [0.1, 0.15) is 13.8 Å². The van der Waals surface area contributed by atoms with E-state index >= 15 is 0 Å². The molecule has 3 amide bonds. The molecular weight excluding hydrogens is 370 g/mol. The number of carbonyl (C=O) groups is 3. The number of anilines is 3. The third-order valence-corrected chi connectivity index (χ3v) is 3.91. The smallest absolute Gasteiger partial charge is 0.244 e. The summed E-state index contributed by atoms with van der Waals surface area (Å²) in [6.07, 6.45) is 0. The molecular formula is C19H20ClN3O4. The summed E-state index contributed by atoms with van der Waals surface area (Å²) < 4.78 is 5.09. The van der Waals surface area contributed by atoms with E-state index in [4.69, 9.17) is 16.3 Å². The number of halogens is 1. The van der Waals surface area contributed by atoms with Crippen molar-refractivity contribution in [3.63, 3.8) is 0 Å². The van der Waals surface area contributed by atoms with E-state index in [-0.39, 0.29) is 24.3 Å². The number of carbonyl (C=O) groups excluding carboxylic acids is 3. The average Bonchev–Trinajstić information content (AvgIpc) is 2.60. The molecule has 2 aromatic carbocycles. The minimum Gasteiger partial charge on any atom is -0.495 e.